The second-order valence-electron chi connectivity index (χ2n) is 8.67. The standard InChI is InChI=1S/C22H23NO.C7H13N.C2H6/c1-5-22(24)11-10-18-19(12-15(4)20(13-23)21(18)22)17-8-6-16(7-9-17)14(2)3;1-5-6(2)7(3)8-4;1-2/h5-9,12,14,24H,1,10-11H2,2-4H3;8H,2-3,5H2,1,4H3;1-2H3. The molecule has 0 radical (unpaired) electrons. The number of allylic oxidation sites excluding steroid dienone is 1. The van der Waals surface area contributed by atoms with E-state index in [1.165, 1.54) is 5.56 Å². The van der Waals surface area contributed by atoms with Crippen molar-refractivity contribution < 1.29 is 5.11 Å². The van der Waals surface area contributed by atoms with E-state index in [1.807, 2.05) is 27.8 Å². The van der Waals surface area contributed by atoms with Crippen LogP contribution in [0.25, 0.3) is 11.1 Å². The van der Waals surface area contributed by atoms with E-state index in [-0.39, 0.29) is 0 Å². The maximum absolute atomic E-state index is 10.9. The smallest absolute Gasteiger partial charge is 0.109 e. The van der Waals surface area contributed by atoms with Crippen molar-refractivity contribution >= 4 is 0 Å². The lowest BCUT2D eigenvalue weighted by Crippen LogP contribution is -2.20. The average Bonchev–Trinajstić information content (AvgIpc) is 3.22. The summed E-state index contributed by atoms with van der Waals surface area (Å²) in [5.41, 5.74) is 7.81. The molecule has 1 atom stereocenters. The lowest BCUT2D eigenvalue weighted by Gasteiger charge is -2.22. The van der Waals surface area contributed by atoms with Crippen molar-refractivity contribution in [1.29, 1.82) is 5.26 Å². The molecule has 1 aliphatic carbocycles. The van der Waals surface area contributed by atoms with Crippen molar-refractivity contribution in [1.82, 2.24) is 5.32 Å². The van der Waals surface area contributed by atoms with E-state index in [0.29, 0.717) is 17.9 Å². The van der Waals surface area contributed by atoms with E-state index >= 15 is 0 Å². The molecule has 0 bridgehead atoms. The molecule has 34 heavy (non-hydrogen) atoms. The van der Waals surface area contributed by atoms with E-state index in [2.05, 4.69) is 82.2 Å². The molecule has 2 aromatic carbocycles. The normalized spacial score (nSPS) is 15.6. The van der Waals surface area contributed by atoms with Crippen LogP contribution in [0.4, 0.5) is 0 Å². The summed E-state index contributed by atoms with van der Waals surface area (Å²) in [5, 5.41) is 23.4. The van der Waals surface area contributed by atoms with Gasteiger partial charge in [-0.15, -0.1) is 0 Å². The van der Waals surface area contributed by atoms with Crippen LogP contribution in [0, 0.1) is 18.3 Å². The van der Waals surface area contributed by atoms with Gasteiger partial charge in [-0.05, 0) is 71.6 Å². The number of aryl methyl sites for hydroxylation is 1. The summed E-state index contributed by atoms with van der Waals surface area (Å²) in [4.78, 5) is 0. The average molecular weight is 459 g/mol. The Hall–Kier alpha value is -3.09. The van der Waals surface area contributed by atoms with E-state index in [0.717, 1.165) is 51.9 Å². The van der Waals surface area contributed by atoms with Crippen LogP contribution in [0.1, 0.15) is 81.2 Å². The van der Waals surface area contributed by atoms with Crippen LogP contribution >= 0.6 is 0 Å². The van der Waals surface area contributed by atoms with Gasteiger partial charge in [-0.1, -0.05) is 84.7 Å². The van der Waals surface area contributed by atoms with Crippen LogP contribution in [0.2, 0.25) is 0 Å². The van der Waals surface area contributed by atoms with Gasteiger partial charge in [0.2, 0.25) is 0 Å². The zero-order chi connectivity index (χ0) is 26.1. The molecule has 0 saturated heterocycles. The molecule has 1 aliphatic rings. The molecule has 3 rings (SSSR count). The number of benzene rings is 2. The number of nitriles is 1. The minimum absolute atomic E-state index is 0.498. The van der Waals surface area contributed by atoms with Gasteiger partial charge in [-0.3, -0.25) is 0 Å². The topological polar surface area (TPSA) is 56.0 Å². The maximum atomic E-state index is 10.9. The van der Waals surface area contributed by atoms with Gasteiger partial charge >= 0.3 is 0 Å². The highest BCUT2D eigenvalue weighted by Gasteiger charge is 2.38. The first-order valence-electron chi connectivity index (χ1n) is 12.2. The molecule has 3 nitrogen and oxygen atoms in total. The molecule has 182 valence electrons. The number of hydrogen-bond donors (Lipinski definition) is 2. The fourth-order valence-electron chi connectivity index (χ4n) is 4.08. The molecule has 1 unspecified atom stereocenters. The first-order chi connectivity index (χ1) is 16.1. The maximum Gasteiger partial charge on any atom is 0.109 e. The second-order valence-corrected chi connectivity index (χ2v) is 8.67. The van der Waals surface area contributed by atoms with Crippen LogP contribution in [-0.4, -0.2) is 12.2 Å². The third-order valence-corrected chi connectivity index (χ3v) is 6.31. The molecule has 2 N–H and O–H groups in total. The van der Waals surface area contributed by atoms with Gasteiger partial charge in [0.1, 0.15) is 5.60 Å². The highest BCUT2D eigenvalue weighted by molar-refractivity contribution is 5.74. The molecular formula is C31H42N2O. The quantitative estimate of drug-likeness (QED) is 0.344. The Balaban J connectivity index is 0.000000493. The molecule has 0 fully saturated rings. The molecule has 0 amide bonds. The van der Waals surface area contributed by atoms with Gasteiger partial charge in [-0.25, -0.2) is 0 Å². The zero-order valence-corrected chi connectivity index (χ0v) is 22.2. The highest BCUT2D eigenvalue weighted by Crippen LogP contribution is 2.45. The first-order valence-corrected chi connectivity index (χ1v) is 12.2. The number of aliphatic hydroxyl groups is 1. The fraction of sp³-hybridized carbons (Fsp3) is 0.387. The Morgan fingerprint density at radius 3 is 2.24 bits per heavy atom. The van der Waals surface area contributed by atoms with Crippen molar-refractivity contribution in [2.24, 2.45) is 0 Å². The number of hydrogen-bond acceptors (Lipinski definition) is 3. The highest BCUT2D eigenvalue weighted by atomic mass is 16.3. The largest absolute Gasteiger partial charge is 0.388 e. The molecule has 0 aliphatic heterocycles. The van der Waals surface area contributed by atoms with E-state index in [9.17, 15) is 10.4 Å². The van der Waals surface area contributed by atoms with Crippen molar-refractivity contribution in [3.8, 4) is 17.2 Å². The van der Waals surface area contributed by atoms with Crippen LogP contribution < -0.4 is 5.32 Å². The first kappa shape index (κ1) is 28.9. The summed E-state index contributed by atoms with van der Waals surface area (Å²) in [6.07, 6.45) is 3.89. The minimum atomic E-state index is -1.10. The second kappa shape index (κ2) is 13.0. The predicted octanol–water partition coefficient (Wildman–Crippen LogP) is 7.69. The van der Waals surface area contributed by atoms with Gasteiger partial charge in [0.25, 0.3) is 0 Å². The van der Waals surface area contributed by atoms with Gasteiger partial charge in [0.15, 0.2) is 0 Å². The Morgan fingerprint density at radius 2 is 1.82 bits per heavy atom. The Morgan fingerprint density at radius 1 is 1.24 bits per heavy atom. The Bertz CT molecular complexity index is 1040. The number of nitrogens with zero attached hydrogens (tertiary/aromatic N) is 1. The molecule has 0 spiro atoms. The van der Waals surface area contributed by atoms with Crippen LogP contribution in [-0.2, 0) is 12.0 Å². The van der Waals surface area contributed by atoms with Crippen LogP contribution in [0.15, 0.2) is 67.4 Å². The molecule has 2 aromatic rings. The molecular weight excluding hydrogens is 416 g/mol. The van der Waals surface area contributed by atoms with Crippen molar-refractivity contribution in [3.63, 3.8) is 0 Å². The van der Waals surface area contributed by atoms with Crippen LogP contribution in [0.3, 0.4) is 0 Å². The predicted molar refractivity (Wildman–Crippen MR) is 147 cm³/mol. The summed E-state index contributed by atoms with van der Waals surface area (Å²) in [5.74, 6) is 0.498. The fourth-order valence-corrected chi connectivity index (χ4v) is 4.08. The lowest BCUT2D eigenvalue weighted by atomic mass is 9.85. The monoisotopic (exact) mass is 458 g/mol. The number of nitrogens with one attached hydrogen (secondary N) is 1. The van der Waals surface area contributed by atoms with Crippen molar-refractivity contribution in [3.05, 3.63) is 95.2 Å². The van der Waals surface area contributed by atoms with Crippen molar-refractivity contribution in [2.45, 2.75) is 72.3 Å². The summed E-state index contributed by atoms with van der Waals surface area (Å²) >= 11 is 0. The third kappa shape index (κ3) is 6.27. The summed E-state index contributed by atoms with van der Waals surface area (Å²) in [7, 11) is 1.85. The molecule has 3 heteroatoms. The Kier molecular flexibility index (Phi) is 11.0. The van der Waals surface area contributed by atoms with E-state index < -0.39 is 5.60 Å². The van der Waals surface area contributed by atoms with Crippen LogP contribution in [0.5, 0.6) is 0 Å². The zero-order valence-electron chi connectivity index (χ0n) is 22.2. The summed E-state index contributed by atoms with van der Waals surface area (Å²) in [6.45, 7) is 23.7. The number of rotatable bonds is 6. The SMILES string of the molecule is C=C(CC)C(=C)NC.C=CC1(O)CCc2c(-c3ccc(C(C)C)cc3)cc(C)c(C#N)c21.CC. The van der Waals surface area contributed by atoms with Gasteiger partial charge in [0.05, 0.1) is 11.6 Å². The molecule has 0 heterocycles. The molecule has 0 aromatic heterocycles. The van der Waals surface area contributed by atoms with Gasteiger partial charge in [-0.2, -0.15) is 5.26 Å². The number of fused-ring (bicyclic) bond motifs is 1. The summed E-state index contributed by atoms with van der Waals surface area (Å²) < 4.78 is 0. The van der Waals surface area contributed by atoms with E-state index in [4.69, 9.17) is 0 Å². The van der Waals surface area contributed by atoms with Crippen molar-refractivity contribution in [2.75, 3.05) is 7.05 Å². The third-order valence-electron chi connectivity index (χ3n) is 6.31. The Labute approximate surface area is 207 Å². The number of likely N-dealkylation sites (N-methyl/N-ethyl adjacent to an activating group) is 1. The van der Waals surface area contributed by atoms with Gasteiger partial charge < -0.3 is 10.4 Å². The minimum Gasteiger partial charge on any atom is -0.388 e. The molecule has 0 saturated carbocycles. The summed E-state index contributed by atoms with van der Waals surface area (Å²) in [6, 6.07) is 13.0. The van der Waals surface area contributed by atoms with Gasteiger partial charge in [0, 0.05) is 18.3 Å². The van der Waals surface area contributed by atoms with E-state index in [1.54, 1.807) is 6.08 Å². The lowest BCUT2D eigenvalue weighted by molar-refractivity contribution is 0.0917.